The minimum absolute atomic E-state index is 0. The molecule has 1 fully saturated rings. The number of ether oxygens (including phenoxy) is 1. The van der Waals surface area contributed by atoms with Gasteiger partial charge in [0.05, 0.1) is 11.6 Å². The van der Waals surface area contributed by atoms with Crippen LogP contribution in [0.15, 0.2) is 22.7 Å². The molecule has 0 aromatic heterocycles. The zero-order valence-corrected chi connectivity index (χ0v) is 14.1. The maximum absolute atomic E-state index is 12.3. The predicted octanol–water partition coefficient (Wildman–Crippen LogP) is 2.75. The third-order valence-corrected chi connectivity index (χ3v) is 4.16. The van der Waals surface area contributed by atoms with Crippen molar-refractivity contribution < 1.29 is 9.53 Å². The molecule has 0 aliphatic carbocycles. The second-order valence-corrected chi connectivity index (χ2v) is 5.97. The van der Waals surface area contributed by atoms with Crippen molar-refractivity contribution in [2.24, 2.45) is 0 Å². The molecule has 1 heterocycles. The fourth-order valence-corrected chi connectivity index (χ4v) is 2.80. The second kappa shape index (κ2) is 7.29. The van der Waals surface area contributed by atoms with Gasteiger partial charge in [0.15, 0.2) is 0 Å². The molecule has 1 saturated heterocycles. The van der Waals surface area contributed by atoms with Crippen LogP contribution in [0.2, 0.25) is 0 Å². The lowest BCUT2D eigenvalue weighted by molar-refractivity contribution is 0.0887. The molecule has 1 aliphatic rings. The van der Waals surface area contributed by atoms with Crippen molar-refractivity contribution >= 4 is 34.2 Å². The summed E-state index contributed by atoms with van der Waals surface area (Å²) in [5.41, 5.74) is 0.529. The lowest BCUT2D eigenvalue weighted by Crippen LogP contribution is -2.52. The fraction of sp³-hybridized carbons (Fsp3) is 0.500. The molecule has 2 rings (SSSR count). The first-order valence-corrected chi connectivity index (χ1v) is 7.20. The summed E-state index contributed by atoms with van der Waals surface area (Å²) in [6, 6.07) is 5.37. The van der Waals surface area contributed by atoms with E-state index in [-0.39, 0.29) is 23.9 Å². The van der Waals surface area contributed by atoms with Crippen molar-refractivity contribution in [3.8, 4) is 5.75 Å². The topological polar surface area (TPSA) is 50.4 Å². The summed E-state index contributed by atoms with van der Waals surface area (Å²) < 4.78 is 5.95. The number of amides is 1. The van der Waals surface area contributed by atoms with Gasteiger partial charge in [0.25, 0.3) is 5.91 Å². The van der Waals surface area contributed by atoms with Crippen LogP contribution < -0.4 is 15.4 Å². The van der Waals surface area contributed by atoms with Crippen LogP contribution in [-0.4, -0.2) is 31.6 Å². The van der Waals surface area contributed by atoms with Crippen LogP contribution in [0, 0.1) is 0 Å². The smallest absolute Gasteiger partial charge is 0.251 e. The van der Waals surface area contributed by atoms with Crippen LogP contribution in [-0.2, 0) is 0 Å². The second-order valence-electron chi connectivity index (χ2n) is 5.11. The van der Waals surface area contributed by atoms with Crippen molar-refractivity contribution in [3.63, 3.8) is 0 Å². The minimum atomic E-state index is -0.116. The number of hydrogen-bond donors (Lipinski definition) is 2. The van der Waals surface area contributed by atoms with Crippen molar-refractivity contribution in [2.75, 3.05) is 20.2 Å². The van der Waals surface area contributed by atoms with Crippen LogP contribution in [0.3, 0.4) is 0 Å². The first-order valence-electron chi connectivity index (χ1n) is 6.41. The Morgan fingerprint density at radius 1 is 1.40 bits per heavy atom. The number of nitrogens with one attached hydrogen (secondary N) is 2. The molecule has 0 spiro atoms. The van der Waals surface area contributed by atoms with E-state index in [4.69, 9.17) is 4.74 Å². The summed E-state index contributed by atoms with van der Waals surface area (Å²) in [5, 5.41) is 6.44. The molecule has 4 nitrogen and oxygen atoms in total. The van der Waals surface area contributed by atoms with Gasteiger partial charge in [0.1, 0.15) is 5.75 Å². The Kier molecular flexibility index (Phi) is 6.30. The molecule has 0 bridgehead atoms. The van der Waals surface area contributed by atoms with E-state index in [0.29, 0.717) is 5.56 Å². The summed E-state index contributed by atoms with van der Waals surface area (Å²) in [6.45, 7) is 4.00. The molecule has 2 N–H and O–H groups in total. The SMILES string of the molecule is COc1ccc(C(=O)NC2(C)CCNCC2)cc1Br.Cl. The average Bonchev–Trinajstić information content (AvgIpc) is 2.39. The Morgan fingerprint density at radius 3 is 2.60 bits per heavy atom. The Morgan fingerprint density at radius 2 is 2.05 bits per heavy atom. The number of benzene rings is 1. The number of carbonyl (C=O) groups is 1. The maximum atomic E-state index is 12.3. The van der Waals surface area contributed by atoms with Gasteiger partial charge in [0, 0.05) is 11.1 Å². The van der Waals surface area contributed by atoms with Crippen LogP contribution in [0.1, 0.15) is 30.1 Å². The van der Waals surface area contributed by atoms with E-state index in [2.05, 4.69) is 33.5 Å². The summed E-state index contributed by atoms with van der Waals surface area (Å²) in [5.74, 6) is 0.692. The van der Waals surface area contributed by atoms with E-state index in [1.165, 1.54) is 0 Å². The van der Waals surface area contributed by atoms with Crippen LogP contribution in [0.5, 0.6) is 5.75 Å². The molecule has 1 aromatic rings. The molecule has 1 aliphatic heterocycles. The molecule has 20 heavy (non-hydrogen) atoms. The Labute approximate surface area is 134 Å². The molecule has 1 aromatic carbocycles. The molecule has 112 valence electrons. The van der Waals surface area contributed by atoms with Crippen molar-refractivity contribution in [1.82, 2.24) is 10.6 Å². The average molecular weight is 364 g/mol. The lowest BCUT2D eigenvalue weighted by atomic mass is 9.90. The number of methoxy groups -OCH3 is 1. The van der Waals surface area contributed by atoms with Gasteiger partial charge in [-0.25, -0.2) is 0 Å². The van der Waals surface area contributed by atoms with Gasteiger partial charge < -0.3 is 15.4 Å². The highest BCUT2D eigenvalue weighted by Gasteiger charge is 2.28. The van der Waals surface area contributed by atoms with E-state index < -0.39 is 0 Å². The summed E-state index contributed by atoms with van der Waals surface area (Å²) in [6.07, 6.45) is 1.91. The monoisotopic (exact) mass is 362 g/mol. The number of halogens is 2. The van der Waals surface area contributed by atoms with Crippen molar-refractivity contribution in [1.29, 1.82) is 0 Å². The zero-order valence-electron chi connectivity index (χ0n) is 11.7. The Hall–Kier alpha value is -0.780. The molecular weight excluding hydrogens is 344 g/mol. The molecule has 6 heteroatoms. The van der Waals surface area contributed by atoms with Gasteiger partial charge in [-0.15, -0.1) is 12.4 Å². The molecular formula is C14H20BrClN2O2. The molecule has 0 saturated carbocycles. The maximum Gasteiger partial charge on any atom is 0.251 e. The van der Waals surface area contributed by atoms with E-state index in [0.717, 1.165) is 36.2 Å². The van der Waals surface area contributed by atoms with E-state index in [1.807, 2.05) is 0 Å². The lowest BCUT2D eigenvalue weighted by Gasteiger charge is -2.35. The number of rotatable bonds is 3. The van der Waals surface area contributed by atoms with Gasteiger partial charge in [-0.05, 0) is 67.0 Å². The standard InChI is InChI=1S/C14H19BrN2O2.ClH/c1-14(5-7-16-8-6-14)17-13(18)10-3-4-12(19-2)11(15)9-10;/h3-4,9,16H,5-8H2,1-2H3,(H,17,18);1H. The predicted molar refractivity (Wildman–Crippen MR) is 85.9 cm³/mol. The fourth-order valence-electron chi connectivity index (χ4n) is 2.26. The van der Waals surface area contributed by atoms with E-state index >= 15 is 0 Å². The van der Waals surface area contributed by atoms with E-state index in [9.17, 15) is 4.79 Å². The third kappa shape index (κ3) is 4.11. The van der Waals surface area contributed by atoms with Gasteiger partial charge in [-0.1, -0.05) is 0 Å². The highest BCUT2D eigenvalue weighted by atomic mass is 79.9. The van der Waals surface area contributed by atoms with Gasteiger partial charge in [-0.3, -0.25) is 4.79 Å². The first-order chi connectivity index (χ1) is 9.04. The molecule has 0 atom stereocenters. The summed E-state index contributed by atoms with van der Waals surface area (Å²) in [7, 11) is 1.61. The van der Waals surface area contributed by atoms with Gasteiger partial charge in [0.2, 0.25) is 0 Å². The summed E-state index contributed by atoms with van der Waals surface area (Å²) >= 11 is 3.40. The first kappa shape index (κ1) is 17.3. The third-order valence-electron chi connectivity index (χ3n) is 3.54. The quantitative estimate of drug-likeness (QED) is 0.868. The van der Waals surface area contributed by atoms with Gasteiger partial charge in [-0.2, -0.15) is 0 Å². The molecule has 0 radical (unpaired) electrons. The normalized spacial score (nSPS) is 16.9. The van der Waals surface area contributed by atoms with Crippen LogP contribution >= 0.6 is 28.3 Å². The van der Waals surface area contributed by atoms with Crippen molar-refractivity contribution in [3.05, 3.63) is 28.2 Å². The Balaban J connectivity index is 0.00000200. The van der Waals surface area contributed by atoms with Gasteiger partial charge >= 0.3 is 0 Å². The Bertz CT molecular complexity index is 476. The highest BCUT2D eigenvalue weighted by molar-refractivity contribution is 9.10. The minimum Gasteiger partial charge on any atom is -0.496 e. The number of piperidine rings is 1. The number of carbonyl (C=O) groups excluding carboxylic acids is 1. The highest BCUT2D eigenvalue weighted by Crippen LogP contribution is 2.26. The zero-order chi connectivity index (χ0) is 13.9. The molecule has 1 amide bonds. The van der Waals surface area contributed by atoms with Crippen molar-refractivity contribution in [2.45, 2.75) is 25.3 Å². The number of hydrogen-bond acceptors (Lipinski definition) is 3. The van der Waals surface area contributed by atoms with E-state index in [1.54, 1.807) is 25.3 Å². The molecule has 0 unspecified atom stereocenters. The summed E-state index contributed by atoms with van der Waals surface area (Å²) in [4.78, 5) is 12.3. The van der Waals surface area contributed by atoms with Crippen LogP contribution in [0.4, 0.5) is 0 Å². The van der Waals surface area contributed by atoms with Crippen LogP contribution in [0.25, 0.3) is 0 Å². The largest absolute Gasteiger partial charge is 0.496 e.